The number of rotatable bonds is 3. The molecule has 4 rings (SSSR count). The normalized spacial score (nSPS) is 27.1. The van der Waals surface area contributed by atoms with E-state index in [2.05, 4.69) is 9.97 Å². The molecule has 3 aromatic rings. The molecular formula is C18H19ClN4O3. The minimum absolute atomic E-state index is 0.614. The van der Waals surface area contributed by atoms with Gasteiger partial charge in [-0.15, -0.1) is 0 Å². The second-order valence-electron chi connectivity index (χ2n) is 6.53. The summed E-state index contributed by atoms with van der Waals surface area (Å²) in [6.07, 6.45) is 1.03. The van der Waals surface area contributed by atoms with Crippen LogP contribution in [0.3, 0.4) is 0 Å². The summed E-state index contributed by atoms with van der Waals surface area (Å²) in [5.41, 5.74) is 8.61. The van der Waals surface area contributed by atoms with Crippen molar-refractivity contribution in [2.75, 3.05) is 0 Å². The van der Waals surface area contributed by atoms with E-state index < -0.39 is 30.6 Å². The summed E-state index contributed by atoms with van der Waals surface area (Å²) >= 11 is 6.07. The van der Waals surface area contributed by atoms with Gasteiger partial charge in [0.25, 0.3) is 0 Å². The molecule has 1 aliphatic rings. The molecule has 1 aliphatic heterocycles. The van der Waals surface area contributed by atoms with Gasteiger partial charge in [0.1, 0.15) is 30.3 Å². The Kier molecular flexibility index (Phi) is 4.42. The van der Waals surface area contributed by atoms with Crippen LogP contribution >= 0.6 is 11.6 Å². The summed E-state index contributed by atoms with van der Waals surface area (Å²) in [5, 5.41) is 22.5. The highest BCUT2D eigenvalue weighted by Gasteiger charge is 2.46. The van der Waals surface area contributed by atoms with Crippen LogP contribution in [0.4, 0.5) is 0 Å². The number of nitrogens with zero attached hydrogens (tertiary/aromatic N) is 3. The molecule has 0 spiro atoms. The van der Waals surface area contributed by atoms with E-state index in [1.54, 1.807) is 29.1 Å². The van der Waals surface area contributed by atoms with Crippen molar-refractivity contribution in [2.24, 2.45) is 5.73 Å². The molecule has 1 saturated heterocycles. The van der Waals surface area contributed by atoms with Gasteiger partial charge in [0.15, 0.2) is 6.23 Å². The van der Waals surface area contributed by atoms with E-state index >= 15 is 0 Å². The maximum atomic E-state index is 10.5. The summed E-state index contributed by atoms with van der Waals surface area (Å²) in [7, 11) is 0. The zero-order valence-electron chi connectivity index (χ0n) is 14.0. The third-order valence-electron chi connectivity index (χ3n) is 4.85. The van der Waals surface area contributed by atoms with Crippen LogP contribution in [0, 0.1) is 6.92 Å². The molecule has 0 radical (unpaired) electrons. The predicted molar refractivity (Wildman–Crippen MR) is 96.6 cm³/mol. The van der Waals surface area contributed by atoms with Crippen molar-refractivity contribution in [3.63, 3.8) is 0 Å². The van der Waals surface area contributed by atoms with Crippen LogP contribution < -0.4 is 5.73 Å². The van der Waals surface area contributed by atoms with E-state index in [1.165, 1.54) is 6.33 Å². The maximum absolute atomic E-state index is 10.5. The van der Waals surface area contributed by atoms with Gasteiger partial charge in [-0.3, -0.25) is 0 Å². The first kappa shape index (κ1) is 17.4. The largest absolute Gasteiger partial charge is 0.387 e. The molecule has 3 heterocycles. The Morgan fingerprint density at radius 2 is 2.08 bits per heavy atom. The molecule has 136 valence electrons. The van der Waals surface area contributed by atoms with Gasteiger partial charge in [-0.2, -0.15) is 0 Å². The lowest BCUT2D eigenvalue weighted by Gasteiger charge is -2.23. The van der Waals surface area contributed by atoms with Crippen molar-refractivity contribution in [1.82, 2.24) is 14.5 Å². The molecular weight excluding hydrogens is 356 g/mol. The summed E-state index contributed by atoms with van der Waals surface area (Å²) in [4.78, 5) is 8.20. The average Bonchev–Trinajstić information content (AvgIpc) is 3.19. The van der Waals surface area contributed by atoms with Gasteiger partial charge in [0.05, 0.1) is 6.04 Å². The van der Waals surface area contributed by atoms with Crippen molar-refractivity contribution in [1.29, 1.82) is 0 Å². The molecule has 5 atom stereocenters. The molecule has 0 saturated carbocycles. The summed E-state index contributed by atoms with van der Waals surface area (Å²) in [6, 6.07) is 6.64. The first-order chi connectivity index (χ1) is 12.5. The van der Waals surface area contributed by atoms with Gasteiger partial charge >= 0.3 is 0 Å². The first-order valence-corrected chi connectivity index (χ1v) is 8.65. The molecule has 4 N–H and O–H groups in total. The highest BCUT2D eigenvalue weighted by Crippen LogP contribution is 2.37. The molecule has 7 nitrogen and oxygen atoms in total. The van der Waals surface area contributed by atoms with Crippen LogP contribution in [0.15, 0.2) is 43.0 Å². The monoisotopic (exact) mass is 374 g/mol. The molecule has 1 aromatic carbocycles. The highest BCUT2D eigenvalue weighted by molar-refractivity contribution is 6.31. The third kappa shape index (κ3) is 2.78. The number of ether oxygens (including phenoxy) is 1. The van der Waals surface area contributed by atoms with Crippen LogP contribution in [0.2, 0.25) is 5.02 Å². The fourth-order valence-electron chi connectivity index (χ4n) is 3.38. The van der Waals surface area contributed by atoms with Gasteiger partial charge in [-0.05, 0) is 30.2 Å². The van der Waals surface area contributed by atoms with Crippen LogP contribution in [0.5, 0.6) is 0 Å². The first-order valence-electron chi connectivity index (χ1n) is 8.27. The van der Waals surface area contributed by atoms with Gasteiger partial charge in [0, 0.05) is 22.8 Å². The molecule has 0 aliphatic carbocycles. The number of aromatic nitrogens is 3. The highest BCUT2D eigenvalue weighted by atomic mass is 35.5. The van der Waals surface area contributed by atoms with Gasteiger partial charge in [-0.25, -0.2) is 9.97 Å². The molecule has 26 heavy (non-hydrogen) atoms. The van der Waals surface area contributed by atoms with E-state index in [4.69, 9.17) is 22.1 Å². The van der Waals surface area contributed by atoms with Crippen molar-refractivity contribution < 1.29 is 14.9 Å². The zero-order chi connectivity index (χ0) is 18.4. The SMILES string of the molecule is Cc1cc(C(N)C2OC(n3ccc4cncnc43)C(O)C2O)ccc1Cl. The molecule has 0 amide bonds. The van der Waals surface area contributed by atoms with Gasteiger partial charge < -0.3 is 25.3 Å². The van der Waals surface area contributed by atoms with E-state index in [9.17, 15) is 10.2 Å². The summed E-state index contributed by atoms with van der Waals surface area (Å²) < 4.78 is 7.65. The molecule has 1 fully saturated rings. The summed E-state index contributed by atoms with van der Waals surface area (Å²) in [5.74, 6) is 0. The quantitative estimate of drug-likeness (QED) is 0.644. The topological polar surface area (TPSA) is 106 Å². The minimum Gasteiger partial charge on any atom is -0.387 e. The van der Waals surface area contributed by atoms with Crippen molar-refractivity contribution >= 4 is 22.6 Å². The number of nitrogens with two attached hydrogens (primary N) is 1. The van der Waals surface area contributed by atoms with E-state index in [1.807, 2.05) is 19.1 Å². The Labute approximate surface area is 155 Å². The Hall–Kier alpha value is -2.03. The van der Waals surface area contributed by atoms with Crippen molar-refractivity contribution in [2.45, 2.75) is 37.5 Å². The second kappa shape index (κ2) is 6.61. The minimum atomic E-state index is -1.13. The lowest BCUT2D eigenvalue weighted by atomic mass is 9.96. The number of aryl methyl sites for hydroxylation is 1. The lowest BCUT2D eigenvalue weighted by molar-refractivity contribution is -0.0422. The standard InChI is InChI=1S/C18H19ClN4O3/c1-9-6-10(2-3-12(9)19)13(20)16-14(24)15(25)18(26-16)23-5-4-11-7-21-8-22-17(11)23/h2-8,13-16,18,24-25H,20H2,1H3. The lowest BCUT2D eigenvalue weighted by Crippen LogP contribution is -2.38. The predicted octanol–water partition coefficient (Wildman–Crippen LogP) is 1.71. The Bertz CT molecular complexity index is 947. The Morgan fingerprint density at radius 3 is 2.85 bits per heavy atom. The van der Waals surface area contributed by atoms with Gasteiger partial charge in [-0.1, -0.05) is 23.7 Å². The van der Waals surface area contributed by atoms with E-state index in [0.29, 0.717) is 10.7 Å². The van der Waals surface area contributed by atoms with Crippen LogP contribution in [0.25, 0.3) is 11.0 Å². The van der Waals surface area contributed by atoms with Crippen molar-refractivity contribution in [3.8, 4) is 0 Å². The molecule has 5 unspecified atom stereocenters. The number of benzene rings is 1. The van der Waals surface area contributed by atoms with Crippen LogP contribution in [-0.4, -0.2) is 43.1 Å². The van der Waals surface area contributed by atoms with Crippen LogP contribution in [-0.2, 0) is 4.74 Å². The van der Waals surface area contributed by atoms with E-state index in [-0.39, 0.29) is 0 Å². The zero-order valence-corrected chi connectivity index (χ0v) is 14.8. The fraction of sp³-hybridized carbons (Fsp3) is 0.333. The maximum Gasteiger partial charge on any atom is 0.164 e. The number of aliphatic hydroxyl groups is 2. The molecule has 2 aromatic heterocycles. The molecule has 8 heteroatoms. The number of aliphatic hydroxyl groups excluding tert-OH is 2. The number of hydrogen-bond donors (Lipinski definition) is 3. The van der Waals surface area contributed by atoms with Crippen LogP contribution in [0.1, 0.15) is 23.4 Å². The fourth-order valence-corrected chi connectivity index (χ4v) is 3.50. The second-order valence-corrected chi connectivity index (χ2v) is 6.94. The number of fused-ring (bicyclic) bond motifs is 1. The molecule has 0 bridgehead atoms. The Balaban J connectivity index is 1.64. The Morgan fingerprint density at radius 1 is 1.27 bits per heavy atom. The van der Waals surface area contributed by atoms with Gasteiger partial charge in [0.2, 0.25) is 0 Å². The van der Waals surface area contributed by atoms with Crippen molar-refractivity contribution in [3.05, 3.63) is 59.1 Å². The summed E-state index contributed by atoms with van der Waals surface area (Å²) in [6.45, 7) is 1.88. The number of hydrogen-bond acceptors (Lipinski definition) is 6. The average molecular weight is 375 g/mol. The third-order valence-corrected chi connectivity index (χ3v) is 5.27. The van der Waals surface area contributed by atoms with E-state index in [0.717, 1.165) is 16.5 Å². The smallest absolute Gasteiger partial charge is 0.164 e. The number of halogens is 1.